The number of anilines is 2. The van der Waals surface area contributed by atoms with Crippen LogP contribution in [0, 0.1) is 17.0 Å². The highest BCUT2D eigenvalue weighted by Crippen LogP contribution is 2.30. The third-order valence-corrected chi connectivity index (χ3v) is 5.39. The molecule has 14 heteroatoms. The summed E-state index contributed by atoms with van der Waals surface area (Å²) in [5.74, 6) is -0.919. The smallest absolute Gasteiger partial charge is 0.407 e. The van der Waals surface area contributed by atoms with Crippen molar-refractivity contribution in [3.63, 3.8) is 0 Å². The Labute approximate surface area is 218 Å². The third-order valence-electron chi connectivity index (χ3n) is 4.36. The number of rotatable bonds is 13. The van der Waals surface area contributed by atoms with Crippen LogP contribution in [-0.4, -0.2) is 66.4 Å². The number of nitrogens with one attached hydrogen (secondary N) is 3. The van der Waals surface area contributed by atoms with Gasteiger partial charge in [0, 0.05) is 6.54 Å². The van der Waals surface area contributed by atoms with Crippen LogP contribution in [0.5, 0.6) is 0 Å². The molecule has 2 aromatic rings. The number of carbonyl (C=O) groups is 3. The molecular weight excluding hydrogens is 506 g/mol. The molecule has 0 fully saturated rings. The lowest BCUT2D eigenvalue weighted by Gasteiger charge is -2.19. The van der Waals surface area contributed by atoms with E-state index in [9.17, 15) is 24.5 Å². The number of nitro groups is 1. The summed E-state index contributed by atoms with van der Waals surface area (Å²) in [6, 6.07) is 6.39. The quantitative estimate of drug-likeness (QED) is 0.196. The Morgan fingerprint density at radius 1 is 1.05 bits per heavy atom. The van der Waals surface area contributed by atoms with Gasteiger partial charge in [-0.25, -0.2) is 9.78 Å². The number of aromatic nitrogens is 1. The second-order valence-electron chi connectivity index (χ2n) is 8.62. The molecule has 0 aliphatic heterocycles. The zero-order chi connectivity index (χ0) is 27.4. The van der Waals surface area contributed by atoms with Crippen LogP contribution < -0.4 is 16.0 Å². The zero-order valence-corrected chi connectivity index (χ0v) is 21.9. The van der Waals surface area contributed by atoms with E-state index in [4.69, 9.17) is 14.2 Å². The van der Waals surface area contributed by atoms with Gasteiger partial charge in [0.25, 0.3) is 5.91 Å². The fourth-order valence-corrected chi connectivity index (χ4v) is 3.58. The average molecular weight is 538 g/mol. The van der Waals surface area contributed by atoms with Crippen LogP contribution in [0.25, 0.3) is 0 Å². The Balaban J connectivity index is 1.68. The van der Waals surface area contributed by atoms with Gasteiger partial charge in [0.2, 0.25) is 5.91 Å². The number of thiazole rings is 1. The van der Waals surface area contributed by atoms with E-state index < -0.39 is 22.5 Å². The molecular formula is C23H31N5O8S. The molecule has 0 unspecified atom stereocenters. The molecule has 0 saturated heterocycles. The highest BCUT2D eigenvalue weighted by molar-refractivity contribution is 7.19. The van der Waals surface area contributed by atoms with Gasteiger partial charge >= 0.3 is 11.1 Å². The maximum absolute atomic E-state index is 12.7. The Kier molecular flexibility index (Phi) is 11.4. The minimum atomic E-state index is -0.564. The summed E-state index contributed by atoms with van der Waals surface area (Å²) < 4.78 is 15.8. The number of ether oxygens (including phenoxy) is 3. The van der Waals surface area contributed by atoms with Crippen molar-refractivity contribution >= 4 is 45.1 Å². The second kappa shape index (κ2) is 14.2. The SMILES string of the molecule is Cc1nc(NC(=O)c2ccccc2NC(=O)CCOCCOCCNC(=O)OC(C)(C)C)sc1[N+](=O)[O-]. The number of alkyl carbamates (subject to hydrolysis) is 1. The fourth-order valence-electron chi connectivity index (χ4n) is 2.80. The standard InChI is InChI=1S/C23H31N5O8S/c1-15-20(28(32)33)37-21(25-15)27-19(30)16-7-5-6-8-17(16)26-18(29)9-11-34-13-14-35-12-10-24-22(31)36-23(2,3)4/h5-8H,9-14H2,1-4H3,(H,24,31)(H,26,29)(H,25,27,30). The topological polar surface area (TPSA) is 171 Å². The Bertz CT molecular complexity index is 1100. The van der Waals surface area contributed by atoms with Gasteiger partial charge in [0.15, 0.2) is 5.13 Å². The highest BCUT2D eigenvalue weighted by atomic mass is 32.1. The van der Waals surface area contributed by atoms with Crippen LogP contribution in [0.1, 0.15) is 43.2 Å². The monoisotopic (exact) mass is 537 g/mol. The first-order chi connectivity index (χ1) is 17.5. The Hall–Kier alpha value is -3.62. The molecule has 0 radical (unpaired) electrons. The van der Waals surface area contributed by atoms with Crippen molar-refractivity contribution in [1.29, 1.82) is 0 Å². The average Bonchev–Trinajstić information content (AvgIpc) is 3.17. The van der Waals surface area contributed by atoms with E-state index in [0.717, 1.165) is 11.3 Å². The predicted molar refractivity (Wildman–Crippen MR) is 137 cm³/mol. The largest absolute Gasteiger partial charge is 0.444 e. The van der Waals surface area contributed by atoms with Gasteiger partial charge in [-0.05, 0) is 51.2 Å². The highest BCUT2D eigenvalue weighted by Gasteiger charge is 2.20. The summed E-state index contributed by atoms with van der Waals surface area (Å²) in [5.41, 5.74) is 0.107. The molecule has 0 bridgehead atoms. The predicted octanol–water partition coefficient (Wildman–Crippen LogP) is 3.50. The minimum Gasteiger partial charge on any atom is -0.444 e. The van der Waals surface area contributed by atoms with Gasteiger partial charge in [-0.15, -0.1) is 0 Å². The van der Waals surface area contributed by atoms with Crippen LogP contribution in [0.15, 0.2) is 24.3 Å². The molecule has 3 amide bonds. The molecule has 0 atom stereocenters. The van der Waals surface area contributed by atoms with Gasteiger partial charge in [-0.1, -0.05) is 12.1 Å². The summed E-state index contributed by atoms with van der Waals surface area (Å²) in [4.78, 5) is 50.9. The van der Waals surface area contributed by atoms with Crippen LogP contribution in [0.4, 0.5) is 20.6 Å². The summed E-state index contributed by atoms with van der Waals surface area (Å²) in [6.45, 7) is 8.08. The third kappa shape index (κ3) is 10.9. The van der Waals surface area contributed by atoms with Crippen molar-refractivity contribution in [2.24, 2.45) is 0 Å². The van der Waals surface area contributed by atoms with Crippen LogP contribution in [-0.2, 0) is 19.0 Å². The summed E-state index contributed by atoms with van der Waals surface area (Å²) in [7, 11) is 0. The van der Waals surface area contributed by atoms with Crippen LogP contribution >= 0.6 is 11.3 Å². The van der Waals surface area contributed by atoms with Gasteiger partial charge in [0.05, 0.1) is 49.0 Å². The van der Waals surface area contributed by atoms with Gasteiger partial charge < -0.3 is 24.8 Å². The number of hydrogen-bond acceptors (Lipinski definition) is 10. The van der Waals surface area contributed by atoms with E-state index >= 15 is 0 Å². The molecule has 202 valence electrons. The van der Waals surface area contributed by atoms with Crippen molar-refractivity contribution in [3.8, 4) is 0 Å². The number of amides is 3. The number of para-hydroxylation sites is 1. The van der Waals surface area contributed by atoms with Gasteiger partial charge in [-0.2, -0.15) is 0 Å². The van der Waals surface area contributed by atoms with Crippen molar-refractivity contribution in [2.75, 3.05) is 43.6 Å². The first-order valence-corrected chi connectivity index (χ1v) is 12.2. The lowest BCUT2D eigenvalue weighted by molar-refractivity contribution is -0.380. The van der Waals surface area contributed by atoms with E-state index in [1.807, 2.05) is 0 Å². The van der Waals surface area contributed by atoms with Crippen molar-refractivity contribution in [2.45, 2.75) is 39.7 Å². The van der Waals surface area contributed by atoms with Crippen molar-refractivity contribution in [1.82, 2.24) is 10.3 Å². The molecule has 2 rings (SSSR count). The summed E-state index contributed by atoms with van der Waals surface area (Å²) >= 11 is 0.755. The van der Waals surface area contributed by atoms with Gasteiger partial charge in [0.1, 0.15) is 11.3 Å². The van der Waals surface area contributed by atoms with Crippen LogP contribution in [0.3, 0.4) is 0 Å². The first kappa shape index (κ1) is 29.6. The Morgan fingerprint density at radius 3 is 2.38 bits per heavy atom. The molecule has 1 aromatic carbocycles. The number of benzene rings is 1. The molecule has 1 aromatic heterocycles. The van der Waals surface area contributed by atoms with Crippen molar-refractivity contribution in [3.05, 3.63) is 45.6 Å². The maximum atomic E-state index is 12.7. The maximum Gasteiger partial charge on any atom is 0.407 e. The molecule has 13 nitrogen and oxygen atoms in total. The number of aryl methyl sites for hydroxylation is 1. The number of hydrogen-bond donors (Lipinski definition) is 3. The molecule has 0 spiro atoms. The minimum absolute atomic E-state index is 0.0496. The van der Waals surface area contributed by atoms with E-state index in [1.165, 1.54) is 13.0 Å². The van der Waals surface area contributed by atoms with Gasteiger partial charge in [-0.3, -0.25) is 25.0 Å². The van der Waals surface area contributed by atoms with E-state index in [-0.39, 0.29) is 65.8 Å². The van der Waals surface area contributed by atoms with E-state index in [2.05, 4.69) is 20.9 Å². The summed E-state index contributed by atoms with van der Waals surface area (Å²) in [5, 5.41) is 18.7. The molecule has 0 aliphatic carbocycles. The molecule has 0 aliphatic rings. The lowest BCUT2D eigenvalue weighted by Crippen LogP contribution is -2.34. The summed E-state index contributed by atoms with van der Waals surface area (Å²) in [6.07, 6.45) is -0.465. The normalized spacial score (nSPS) is 11.0. The van der Waals surface area contributed by atoms with E-state index in [1.54, 1.807) is 39.0 Å². The molecule has 1 heterocycles. The van der Waals surface area contributed by atoms with E-state index in [0.29, 0.717) is 6.54 Å². The zero-order valence-electron chi connectivity index (χ0n) is 21.1. The van der Waals surface area contributed by atoms with Crippen LogP contribution in [0.2, 0.25) is 0 Å². The van der Waals surface area contributed by atoms with Crippen molar-refractivity contribution < 1.29 is 33.5 Å². The second-order valence-corrected chi connectivity index (χ2v) is 9.60. The first-order valence-electron chi connectivity index (χ1n) is 11.4. The lowest BCUT2D eigenvalue weighted by atomic mass is 10.1. The Morgan fingerprint density at radius 2 is 1.73 bits per heavy atom. The fraction of sp³-hybridized carbons (Fsp3) is 0.478. The molecule has 0 saturated carbocycles. The number of carbonyl (C=O) groups excluding carboxylic acids is 3. The molecule has 3 N–H and O–H groups in total. The molecule has 37 heavy (non-hydrogen) atoms. The number of nitrogens with zero attached hydrogens (tertiary/aromatic N) is 2.